The molecule has 0 saturated heterocycles. The Balaban J connectivity index is 1.84. The average Bonchev–Trinajstić information content (AvgIpc) is 3.25. The number of anilines is 1. The number of methoxy groups -OCH3 is 2. The highest BCUT2D eigenvalue weighted by atomic mass is 35.5. The molecule has 1 aliphatic heterocycles. The minimum Gasteiger partial charge on any atom is -0.497 e. The molecule has 2 heterocycles. The van der Waals surface area contributed by atoms with Crippen molar-refractivity contribution >= 4 is 35.1 Å². The minimum absolute atomic E-state index is 0.0210. The summed E-state index contributed by atoms with van der Waals surface area (Å²) in [6.07, 6.45) is 1.82. The number of aromatic nitrogens is 1. The monoisotopic (exact) mass is 476 g/mol. The normalized spacial score (nSPS) is 14.8. The lowest BCUT2D eigenvalue weighted by Gasteiger charge is -2.21. The highest BCUT2D eigenvalue weighted by molar-refractivity contribution is 6.31. The van der Waals surface area contributed by atoms with Crippen molar-refractivity contribution in [1.29, 1.82) is 0 Å². The number of benzene rings is 2. The maximum atomic E-state index is 13.4. The molecule has 6 nitrogen and oxygen atoms in total. The van der Waals surface area contributed by atoms with Crippen LogP contribution in [0.1, 0.15) is 23.9 Å². The van der Waals surface area contributed by atoms with Crippen molar-refractivity contribution in [3.05, 3.63) is 93.5 Å². The number of hydrogen-bond donors (Lipinski definition) is 0. The van der Waals surface area contributed by atoms with E-state index in [1.165, 1.54) is 7.11 Å². The standard InChI is InChI=1S/C27H25ClN2O4/c1-16-14-19(17(2)29(16)21-10-12-23(33-4)13-11-21)15-24-26(31)25(27(32)34-5)18(3)30(24)22-8-6-20(28)7-9-22/h6-15H,1-5H3/b24-15-. The quantitative estimate of drug-likeness (QED) is 0.271. The summed E-state index contributed by atoms with van der Waals surface area (Å²) in [7, 11) is 2.90. The summed E-state index contributed by atoms with van der Waals surface area (Å²) >= 11 is 6.07. The molecule has 1 aliphatic rings. The van der Waals surface area contributed by atoms with Gasteiger partial charge in [-0.05, 0) is 87.0 Å². The molecule has 0 fully saturated rings. The van der Waals surface area contributed by atoms with E-state index in [1.54, 1.807) is 31.1 Å². The van der Waals surface area contributed by atoms with Crippen LogP contribution in [0.4, 0.5) is 5.69 Å². The van der Waals surface area contributed by atoms with Crippen molar-refractivity contribution in [1.82, 2.24) is 4.57 Å². The van der Waals surface area contributed by atoms with E-state index in [2.05, 4.69) is 4.57 Å². The first kappa shape index (κ1) is 23.4. The zero-order valence-corrected chi connectivity index (χ0v) is 20.4. The second-order valence-electron chi connectivity index (χ2n) is 7.98. The van der Waals surface area contributed by atoms with Crippen LogP contribution in [0.2, 0.25) is 5.02 Å². The molecular weight excluding hydrogens is 452 g/mol. The average molecular weight is 477 g/mol. The van der Waals surface area contributed by atoms with Gasteiger partial charge in [-0.3, -0.25) is 4.79 Å². The van der Waals surface area contributed by atoms with Gasteiger partial charge in [-0.25, -0.2) is 4.79 Å². The first-order valence-corrected chi connectivity index (χ1v) is 11.1. The molecule has 3 aromatic rings. The van der Waals surface area contributed by atoms with Gasteiger partial charge in [0.15, 0.2) is 0 Å². The number of Topliss-reactive ketones (excluding diaryl/α,β-unsaturated/α-hetero) is 1. The summed E-state index contributed by atoms with van der Waals surface area (Å²) in [5.41, 5.74) is 5.45. The van der Waals surface area contributed by atoms with Crippen LogP contribution in [-0.4, -0.2) is 30.5 Å². The number of carbonyl (C=O) groups is 2. The predicted octanol–water partition coefficient (Wildman–Crippen LogP) is 5.63. The Morgan fingerprint density at radius 2 is 1.56 bits per heavy atom. The summed E-state index contributed by atoms with van der Waals surface area (Å²) in [4.78, 5) is 27.6. The molecule has 1 aromatic heterocycles. The number of esters is 1. The van der Waals surface area contributed by atoms with Crippen molar-refractivity contribution in [2.24, 2.45) is 0 Å². The van der Waals surface area contributed by atoms with Crippen LogP contribution in [-0.2, 0) is 14.3 Å². The lowest BCUT2D eigenvalue weighted by Crippen LogP contribution is -2.18. The molecule has 7 heteroatoms. The highest BCUT2D eigenvalue weighted by Gasteiger charge is 2.38. The fourth-order valence-corrected chi connectivity index (χ4v) is 4.42. The Labute approximate surface area is 203 Å². The second-order valence-corrected chi connectivity index (χ2v) is 8.42. The number of aryl methyl sites for hydroxylation is 1. The van der Waals surface area contributed by atoms with Crippen LogP contribution < -0.4 is 9.64 Å². The van der Waals surface area contributed by atoms with Gasteiger partial charge < -0.3 is 18.9 Å². The minimum atomic E-state index is -0.659. The topological polar surface area (TPSA) is 60.8 Å². The lowest BCUT2D eigenvalue weighted by atomic mass is 10.1. The predicted molar refractivity (Wildman–Crippen MR) is 133 cm³/mol. The number of nitrogens with zero attached hydrogens (tertiary/aromatic N) is 2. The van der Waals surface area contributed by atoms with E-state index in [1.807, 2.05) is 62.4 Å². The molecule has 0 spiro atoms. The lowest BCUT2D eigenvalue weighted by molar-refractivity contribution is -0.137. The van der Waals surface area contributed by atoms with Gasteiger partial charge in [0.05, 0.1) is 19.9 Å². The number of ether oxygens (including phenoxy) is 2. The molecule has 0 unspecified atom stereocenters. The number of ketones is 1. The maximum Gasteiger partial charge on any atom is 0.343 e. The van der Waals surface area contributed by atoms with E-state index in [0.717, 1.165) is 34.1 Å². The van der Waals surface area contributed by atoms with Crippen LogP contribution in [0.3, 0.4) is 0 Å². The fraction of sp³-hybridized carbons (Fsp3) is 0.185. The summed E-state index contributed by atoms with van der Waals surface area (Å²) in [5.74, 6) is -0.261. The molecule has 0 aliphatic carbocycles. The SMILES string of the molecule is COC(=O)C1=C(C)N(c2ccc(Cl)cc2)/C(=C\c2cc(C)n(-c3ccc(OC)cc3)c2C)C1=O. The van der Waals surface area contributed by atoms with E-state index in [-0.39, 0.29) is 11.4 Å². The fourth-order valence-electron chi connectivity index (χ4n) is 4.29. The number of allylic oxidation sites excluding steroid dienone is 2. The van der Waals surface area contributed by atoms with E-state index >= 15 is 0 Å². The summed E-state index contributed by atoms with van der Waals surface area (Å²) in [5, 5.41) is 0.581. The Morgan fingerprint density at radius 1 is 0.941 bits per heavy atom. The van der Waals surface area contributed by atoms with Gasteiger partial charge in [0.1, 0.15) is 11.3 Å². The third-order valence-corrected chi connectivity index (χ3v) is 6.22. The van der Waals surface area contributed by atoms with E-state index < -0.39 is 5.97 Å². The zero-order chi connectivity index (χ0) is 24.6. The number of carbonyl (C=O) groups excluding carboxylic acids is 2. The first-order valence-electron chi connectivity index (χ1n) is 10.7. The molecule has 0 atom stereocenters. The van der Waals surface area contributed by atoms with Gasteiger partial charge in [0, 0.05) is 33.5 Å². The molecule has 4 rings (SSSR count). The molecule has 34 heavy (non-hydrogen) atoms. The van der Waals surface area contributed by atoms with Crippen molar-refractivity contribution in [3.8, 4) is 11.4 Å². The van der Waals surface area contributed by atoms with Gasteiger partial charge >= 0.3 is 5.97 Å². The molecule has 2 aromatic carbocycles. The first-order chi connectivity index (χ1) is 16.3. The Morgan fingerprint density at radius 3 is 2.15 bits per heavy atom. The van der Waals surface area contributed by atoms with Crippen LogP contribution in [0.15, 0.2) is 71.6 Å². The molecule has 0 amide bonds. The molecule has 0 bridgehead atoms. The van der Waals surface area contributed by atoms with E-state index in [9.17, 15) is 9.59 Å². The summed E-state index contributed by atoms with van der Waals surface area (Å²) < 4.78 is 12.3. The van der Waals surface area contributed by atoms with E-state index in [0.29, 0.717) is 16.4 Å². The molecular formula is C27H25ClN2O4. The van der Waals surface area contributed by atoms with Gasteiger partial charge in [-0.1, -0.05) is 11.6 Å². The second kappa shape index (κ2) is 9.23. The Bertz CT molecular complexity index is 1330. The molecule has 0 N–H and O–H groups in total. The smallest absolute Gasteiger partial charge is 0.343 e. The van der Waals surface area contributed by atoms with Crippen LogP contribution in [0.25, 0.3) is 11.8 Å². The number of rotatable bonds is 5. The van der Waals surface area contributed by atoms with Gasteiger partial charge in [0.2, 0.25) is 5.78 Å². The molecule has 174 valence electrons. The molecule has 0 radical (unpaired) electrons. The van der Waals surface area contributed by atoms with Crippen LogP contribution in [0.5, 0.6) is 5.75 Å². The van der Waals surface area contributed by atoms with Crippen molar-refractivity contribution in [3.63, 3.8) is 0 Å². The number of hydrogen-bond acceptors (Lipinski definition) is 5. The maximum absolute atomic E-state index is 13.4. The van der Waals surface area contributed by atoms with Crippen molar-refractivity contribution in [2.75, 3.05) is 19.1 Å². The van der Waals surface area contributed by atoms with Crippen LogP contribution in [0, 0.1) is 13.8 Å². The number of halogens is 1. The van der Waals surface area contributed by atoms with Gasteiger partial charge in [0.25, 0.3) is 0 Å². The largest absolute Gasteiger partial charge is 0.497 e. The van der Waals surface area contributed by atoms with E-state index in [4.69, 9.17) is 21.1 Å². The highest BCUT2D eigenvalue weighted by Crippen LogP contribution is 2.37. The Kier molecular flexibility index (Phi) is 6.35. The van der Waals surface area contributed by atoms with Crippen molar-refractivity contribution in [2.45, 2.75) is 20.8 Å². The Hall–Kier alpha value is -3.77. The zero-order valence-electron chi connectivity index (χ0n) is 19.7. The third kappa shape index (κ3) is 4.01. The summed E-state index contributed by atoms with van der Waals surface area (Å²) in [6, 6.07) is 16.9. The molecule has 0 saturated carbocycles. The van der Waals surface area contributed by atoms with Crippen molar-refractivity contribution < 1.29 is 19.1 Å². The van der Waals surface area contributed by atoms with Gasteiger partial charge in [-0.15, -0.1) is 0 Å². The summed E-state index contributed by atoms with van der Waals surface area (Å²) in [6.45, 7) is 5.74. The van der Waals surface area contributed by atoms with Gasteiger partial charge in [-0.2, -0.15) is 0 Å². The van der Waals surface area contributed by atoms with Crippen LogP contribution >= 0.6 is 11.6 Å². The third-order valence-electron chi connectivity index (χ3n) is 5.97.